The van der Waals surface area contributed by atoms with E-state index in [0.717, 1.165) is 22.0 Å². The molecule has 0 saturated carbocycles. The van der Waals surface area contributed by atoms with Crippen molar-refractivity contribution in [3.63, 3.8) is 0 Å². The van der Waals surface area contributed by atoms with Gasteiger partial charge in [-0.15, -0.1) is 0 Å². The molecule has 3 rings (SSSR count). The molecule has 0 amide bonds. The molecule has 84 valence electrons. The Bertz CT molecular complexity index is 688. The van der Waals surface area contributed by atoms with Crippen molar-refractivity contribution in [1.29, 1.82) is 0 Å². The quantitative estimate of drug-likeness (QED) is 0.660. The van der Waals surface area contributed by atoms with Crippen molar-refractivity contribution in [2.24, 2.45) is 0 Å². The minimum absolute atomic E-state index is 0.281. The number of rotatable bonds is 1. The maximum Gasteiger partial charge on any atom is 0.123 e. The van der Waals surface area contributed by atoms with Crippen LogP contribution in [-0.4, -0.2) is 10.1 Å². The third-order valence-electron chi connectivity index (χ3n) is 2.84. The fourth-order valence-corrected chi connectivity index (χ4v) is 2.19. The van der Waals surface area contributed by atoms with Gasteiger partial charge in [-0.3, -0.25) is 0 Å². The predicted molar refractivity (Wildman–Crippen MR) is 70.4 cm³/mol. The van der Waals surface area contributed by atoms with Crippen LogP contribution in [0.15, 0.2) is 48.7 Å². The van der Waals surface area contributed by atoms with Gasteiger partial charge in [-0.1, -0.05) is 35.9 Å². The number of aromatic nitrogens is 1. The van der Waals surface area contributed by atoms with Gasteiger partial charge in [0.25, 0.3) is 0 Å². The van der Waals surface area contributed by atoms with Crippen LogP contribution in [0, 0.1) is 0 Å². The van der Waals surface area contributed by atoms with Gasteiger partial charge >= 0.3 is 0 Å². The highest BCUT2D eigenvalue weighted by Gasteiger charge is 2.09. The van der Waals surface area contributed by atoms with E-state index in [1.807, 2.05) is 42.6 Å². The highest BCUT2D eigenvalue weighted by molar-refractivity contribution is 6.31. The molecule has 2 nitrogen and oxygen atoms in total. The average molecular weight is 244 g/mol. The average Bonchev–Trinajstić information content (AvgIpc) is 2.72. The van der Waals surface area contributed by atoms with Crippen molar-refractivity contribution in [3.8, 4) is 16.9 Å². The summed E-state index contributed by atoms with van der Waals surface area (Å²) in [4.78, 5) is 3.16. The normalized spacial score (nSPS) is 10.9. The molecule has 1 aromatic heterocycles. The Balaban J connectivity index is 2.29. The third-order valence-corrected chi connectivity index (χ3v) is 3.07. The molecule has 0 bridgehead atoms. The summed E-state index contributed by atoms with van der Waals surface area (Å²) >= 11 is 5.94. The summed E-state index contributed by atoms with van der Waals surface area (Å²) in [5.74, 6) is 0.281. The molecular weight excluding hydrogens is 234 g/mol. The van der Waals surface area contributed by atoms with Crippen molar-refractivity contribution in [3.05, 3.63) is 53.7 Å². The van der Waals surface area contributed by atoms with Gasteiger partial charge in [0.2, 0.25) is 0 Å². The zero-order valence-corrected chi connectivity index (χ0v) is 9.70. The van der Waals surface area contributed by atoms with Gasteiger partial charge < -0.3 is 10.1 Å². The van der Waals surface area contributed by atoms with E-state index in [9.17, 15) is 5.11 Å². The largest absolute Gasteiger partial charge is 0.507 e. The number of benzene rings is 2. The Labute approximate surface area is 103 Å². The number of phenols is 1. The van der Waals surface area contributed by atoms with E-state index < -0.39 is 0 Å². The first kappa shape index (κ1) is 10.2. The molecule has 0 aliphatic rings. The van der Waals surface area contributed by atoms with Crippen molar-refractivity contribution >= 4 is 22.5 Å². The van der Waals surface area contributed by atoms with Gasteiger partial charge in [-0.25, -0.2) is 0 Å². The van der Waals surface area contributed by atoms with Gasteiger partial charge in [0.05, 0.1) is 0 Å². The van der Waals surface area contributed by atoms with E-state index in [1.54, 1.807) is 6.07 Å². The highest BCUT2D eigenvalue weighted by atomic mass is 35.5. The number of para-hydroxylation sites is 1. The number of fused-ring (bicyclic) bond motifs is 1. The molecule has 0 aliphatic carbocycles. The summed E-state index contributed by atoms with van der Waals surface area (Å²) < 4.78 is 0. The molecule has 0 aliphatic heterocycles. The SMILES string of the molecule is Oc1ccccc1-c1c[nH]c2cc(Cl)ccc12. The van der Waals surface area contributed by atoms with Gasteiger partial charge in [0.15, 0.2) is 0 Å². The molecule has 0 spiro atoms. The molecule has 17 heavy (non-hydrogen) atoms. The number of hydrogen-bond acceptors (Lipinski definition) is 1. The van der Waals surface area contributed by atoms with Crippen molar-refractivity contribution in [2.75, 3.05) is 0 Å². The predicted octanol–water partition coefficient (Wildman–Crippen LogP) is 4.19. The Morgan fingerprint density at radius 3 is 2.65 bits per heavy atom. The fraction of sp³-hybridized carbons (Fsp3) is 0. The van der Waals surface area contributed by atoms with Crippen LogP contribution in [0.4, 0.5) is 0 Å². The van der Waals surface area contributed by atoms with Crippen LogP contribution >= 0.6 is 11.6 Å². The van der Waals surface area contributed by atoms with Gasteiger partial charge in [-0.2, -0.15) is 0 Å². The fourth-order valence-electron chi connectivity index (χ4n) is 2.02. The second-order valence-electron chi connectivity index (χ2n) is 3.91. The third kappa shape index (κ3) is 1.67. The minimum Gasteiger partial charge on any atom is -0.507 e. The van der Waals surface area contributed by atoms with Crippen LogP contribution in [0.1, 0.15) is 0 Å². The molecule has 0 saturated heterocycles. The second kappa shape index (κ2) is 3.82. The standard InChI is InChI=1S/C14H10ClNO/c15-9-5-6-10-12(8-16-13(10)7-9)11-3-1-2-4-14(11)17/h1-8,16-17H. The first-order valence-corrected chi connectivity index (χ1v) is 5.68. The van der Waals surface area contributed by atoms with Gasteiger partial charge in [0, 0.05) is 33.2 Å². The lowest BCUT2D eigenvalue weighted by atomic mass is 10.0. The Hall–Kier alpha value is -1.93. The lowest BCUT2D eigenvalue weighted by Gasteiger charge is -2.02. The number of aromatic hydroxyl groups is 1. The summed E-state index contributed by atoms with van der Waals surface area (Å²) in [6, 6.07) is 13.0. The second-order valence-corrected chi connectivity index (χ2v) is 4.35. The van der Waals surface area contributed by atoms with E-state index >= 15 is 0 Å². The van der Waals surface area contributed by atoms with Crippen molar-refractivity contribution in [2.45, 2.75) is 0 Å². The molecule has 0 radical (unpaired) electrons. The molecule has 2 aromatic carbocycles. The van der Waals surface area contributed by atoms with E-state index in [2.05, 4.69) is 4.98 Å². The molecule has 3 aromatic rings. The monoisotopic (exact) mass is 243 g/mol. The van der Waals surface area contributed by atoms with E-state index in [-0.39, 0.29) is 5.75 Å². The first-order valence-electron chi connectivity index (χ1n) is 5.31. The number of hydrogen-bond donors (Lipinski definition) is 2. The van der Waals surface area contributed by atoms with Gasteiger partial charge in [-0.05, 0) is 18.2 Å². The van der Waals surface area contributed by atoms with Crippen LogP contribution in [0.25, 0.3) is 22.0 Å². The first-order chi connectivity index (χ1) is 8.25. The van der Waals surface area contributed by atoms with Crippen molar-refractivity contribution in [1.82, 2.24) is 4.98 Å². The van der Waals surface area contributed by atoms with E-state index in [0.29, 0.717) is 5.02 Å². The van der Waals surface area contributed by atoms with E-state index in [4.69, 9.17) is 11.6 Å². The minimum atomic E-state index is 0.281. The number of aromatic amines is 1. The molecule has 2 N–H and O–H groups in total. The van der Waals surface area contributed by atoms with Crippen LogP contribution in [0.2, 0.25) is 5.02 Å². The van der Waals surface area contributed by atoms with Crippen LogP contribution in [0.3, 0.4) is 0 Å². The summed E-state index contributed by atoms with van der Waals surface area (Å²) in [7, 11) is 0. The summed E-state index contributed by atoms with van der Waals surface area (Å²) in [6.07, 6.45) is 1.88. The topological polar surface area (TPSA) is 36.0 Å². The number of halogens is 1. The zero-order valence-electron chi connectivity index (χ0n) is 8.94. The smallest absolute Gasteiger partial charge is 0.123 e. The molecule has 0 fully saturated rings. The number of nitrogens with one attached hydrogen (secondary N) is 1. The molecular formula is C14H10ClNO. The summed E-state index contributed by atoms with van der Waals surface area (Å²) in [5.41, 5.74) is 2.77. The Kier molecular flexibility index (Phi) is 2.30. The molecule has 1 heterocycles. The lowest BCUT2D eigenvalue weighted by molar-refractivity contribution is 0.477. The molecule has 3 heteroatoms. The Morgan fingerprint density at radius 1 is 1.00 bits per heavy atom. The maximum absolute atomic E-state index is 9.86. The van der Waals surface area contributed by atoms with Gasteiger partial charge in [0.1, 0.15) is 5.75 Å². The summed E-state index contributed by atoms with van der Waals surface area (Å²) in [5, 5.41) is 11.6. The van der Waals surface area contributed by atoms with Crippen LogP contribution in [-0.2, 0) is 0 Å². The molecule has 0 unspecified atom stereocenters. The number of phenolic OH excluding ortho intramolecular Hbond substituents is 1. The summed E-state index contributed by atoms with van der Waals surface area (Å²) in [6.45, 7) is 0. The number of H-pyrrole nitrogens is 1. The van der Waals surface area contributed by atoms with Crippen LogP contribution in [0.5, 0.6) is 5.75 Å². The van der Waals surface area contributed by atoms with E-state index in [1.165, 1.54) is 0 Å². The van der Waals surface area contributed by atoms with Crippen LogP contribution < -0.4 is 0 Å². The highest BCUT2D eigenvalue weighted by Crippen LogP contribution is 2.34. The van der Waals surface area contributed by atoms with Crippen molar-refractivity contribution < 1.29 is 5.11 Å². The lowest BCUT2D eigenvalue weighted by Crippen LogP contribution is -1.76. The maximum atomic E-state index is 9.86. The zero-order chi connectivity index (χ0) is 11.8. The Morgan fingerprint density at radius 2 is 1.82 bits per heavy atom. The molecule has 0 atom stereocenters.